The highest BCUT2D eigenvalue weighted by molar-refractivity contribution is 5.87. The molecule has 1 saturated heterocycles. The molecule has 1 rings (SSSR count). The van der Waals surface area contributed by atoms with Gasteiger partial charge in [-0.15, -0.1) is 0 Å². The van der Waals surface area contributed by atoms with Crippen molar-refractivity contribution in [2.75, 3.05) is 13.2 Å². The molecular weight excluding hydrogens is 198 g/mol. The minimum absolute atomic E-state index is 0.00139. The third kappa shape index (κ3) is 3.39. The van der Waals surface area contributed by atoms with E-state index in [1.54, 1.807) is 0 Å². The van der Waals surface area contributed by atoms with E-state index in [9.17, 15) is 9.59 Å². The van der Waals surface area contributed by atoms with Crippen LogP contribution in [0.1, 0.15) is 13.8 Å². The van der Waals surface area contributed by atoms with Crippen molar-refractivity contribution in [3.8, 4) is 0 Å². The predicted molar refractivity (Wildman–Crippen MR) is 54.1 cm³/mol. The van der Waals surface area contributed by atoms with Crippen LogP contribution < -0.4 is 16.4 Å². The van der Waals surface area contributed by atoms with Gasteiger partial charge in [0.2, 0.25) is 5.91 Å². The fourth-order valence-corrected chi connectivity index (χ4v) is 1.30. The van der Waals surface area contributed by atoms with Gasteiger partial charge in [-0.3, -0.25) is 4.79 Å². The van der Waals surface area contributed by atoms with Gasteiger partial charge in [-0.1, -0.05) is 13.8 Å². The summed E-state index contributed by atoms with van der Waals surface area (Å²) < 4.78 is 4.93. The lowest BCUT2D eigenvalue weighted by Gasteiger charge is -2.29. The molecule has 6 heteroatoms. The van der Waals surface area contributed by atoms with Crippen molar-refractivity contribution in [3.05, 3.63) is 0 Å². The monoisotopic (exact) mass is 215 g/mol. The lowest BCUT2D eigenvalue weighted by Crippen LogP contribution is -2.57. The third-order valence-corrected chi connectivity index (χ3v) is 2.23. The van der Waals surface area contributed by atoms with Gasteiger partial charge in [-0.2, -0.15) is 0 Å². The number of nitrogens with one attached hydrogen (secondary N) is 2. The van der Waals surface area contributed by atoms with Crippen LogP contribution in [0.15, 0.2) is 0 Å². The topological polar surface area (TPSA) is 93.5 Å². The van der Waals surface area contributed by atoms with Crippen LogP contribution in [0.5, 0.6) is 0 Å². The first-order valence-electron chi connectivity index (χ1n) is 4.94. The average molecular weight is 215 g/mol. The number of ether oxygens (including phenoxy) is 1. The quantitative estimate of drug-likeness (QED) is 0.572. The van der Waals surface area contributed by atoms with E-state index in [-0.39, 0.29) is 17.9 Å². The highest BCUT2D eigenvalue weighted by Crippen LogP contribution is 2.05. The number of hydrogen-bond acceptors (Lipinski definition) is 3. The Balaban J connectivity index is 2.46. The molecule has 0 aromatic rings. The first kappa shape index (κ1) is 11.8. The normalized spacial score (nSPS) is 18.1. The van der Waals surface area contributed by atoms with Crippen LogP contribution in [0.25, 0.3) is 0 Å². The highest BCUT2D eigenvalue weighted by atomic mass is 16.5. The summed E-state index contributed by atoms with van der Waals surface area (Å²) in [4.78, 5) is 22.4. The molecule has 1 fully saturated rings. The van der Waals surface area contributed by atoms with E-state index in [1.807, 2.05) is 13.8 Å². The van der Waals surface area contributed by atoms with E-state index in [4.69, 9.17) is 10.5 Å². The number of amides is 3. The van der Waals surface area contributed by atoms with Crippen LogP contribution in [-0.4, -0.2) is 37.2 Å². The molecule has 1 unspecified atom stereocenters. The largest absolute Gasteiger partial charge is 0.377 e. The second-order valence-corrected chi connectivity index (χ2v) is 3.97. The van der Waals surface area contributed by atoms with Gasteiger partial charge < -0.3 is 21.1 Å². The number of nitrogens with two attached hydrogens (primary N) is 1. The molecule has 3 amide bonds. The molecule has 0 radical (unpaired) electrons. The second kappa shape index (κ2) is 4.97. The van der Waals surface area contributed by atoms with E-state index in [1.165, 1.54) is 0 Å². The second-order valence-electron chi connectivity index (χ2n) is 3.97. The van der Waals surface area contributed by atoms with E-state index in [0.29, 0.717) is 13.2 Å². The maximum atomic E-state index is 11.7. The van der Waals surface area contributed by atoms with E-state index < -0.39 is 12.1 Å². The molecule has 0 spiro atoms. The van der Waals surface area contributed by atoms with Crippen LogP contribution in [0.2, 0.25) is 0 Å². The van der Waals surface area contributed by atoms with Crippen LogP contribution in [0.4, 0.5) is 4.79 Å². The molecular formula is C9H17N3O3. The van der Waals surface area contributed by atoms with Crippen molar-refractivity contribution in [2.24, 2.45) is 11.7 Å². The average Bonchev–Trinajstić information content (AvgIpc) is 2.06. The predicted octanol–water partition coefficient (Wildman–Crippen LogP) is -0.806. The standard InChI is InChI=1S/C9H17N3O3/c1-5(2)7(12-9(10)14)8(13)11-6-3-15-4-6/h5-7H,3-4H2,1-2H3,(H,11,13)(H3,10,12,14). The minimum Gasteiger partial charge on any atom is -0.377 e. The van der Waals surface area contributed by atoms with Crippen LogP contribution in [0.3, 0.4) is 0 Å². The Morgan fingerprint density at radius 1 is 1.40 bits per heavy atom. The molecule has 1 atom stereocenters. The Kier molecular flexibility index (Phi) is 3.90. The Bertz CT molecular complexity index is 251. The molecule has 1 aliphatic rings. The van der Waals surface area contributed by atoms with Gasteiger partial charge in [0.05, 0.1) is 19.3 Å². The zero-order chi connectivity index (χ0) is 11.4. The maximum absolute atomic E-state index is 11.7. The van der Waals surface area contributed by atoms with E-state index >= 15 is 0 Å². The Hall–Kier alpha value is -1.30. The molecule has 0 aliphatic carbocycles. The summed E-state index contributed by atoms with van der Waals surface area (Å²) in [5.74, 6) is -0.212. The van der Waals surface area contributed by atoms with Gasteiger partial charge in [0.1, 0.15) is 6.04 Å². The lowest BCUT2D eigenvalue weighted by molar-refractivity contribution is -0.128. The summed E-state index contributed by atoms with van der Waals surface area (Å²) in [5, 5.41) is 5.19. The van der Waals surface area contributed by atoms with Gasteiger partial charge in [0.25, 0.3) is 0 Å². The Labute approximate surface area is 88.5 Å². The SMILES string of the molecule is CC(C)C(NC(N)=O)C(=O)NC1COC1. The molecule has 86 valence electrons. The summed E-state index contributed by atoms with van der Waals surface area (Å²) in [6.07, 6.45) is 0. The molecule has 15 heavy (non-hydrogen) atoms. The van der Waals surface area contributed by atoms with E-state index in [2.05, 4.69) is 10.6 Å². The summed E-state index contributed by atoms with van der Waals surface area (Å²) in [5.41, 5.74) is 4.99. The van der Waals surface area contributed by atoms with Gasteiger partial charge in [-0.25, -0.2) is 4.79 Å². The first-order valence-corrected chi connectivity index (χ1v) is 4.94. The fourth-order valence-electron chi connectivity index (χ4n) is 1.30. The van der Waals surface area contributed by atoms with Gasteiger partial charge in [0.15, 0.2) is 0 Å². The van der Waals surface area contributed by atoms with Crippen molar-refractivity contribution in [3.63, 3.8) is 0 Å². The zero-order valence-corrected chi connectivity index (χ0v) is 8.95. The van der Waals surface area contributed by atoms with Crippen molar-refractivity contribution < 1.29 is 14.3 Å². The minimum atomic E-state index is -0.686. The molecule has 0 aromatic carbocycles. The molecule has 0 aromatic heterocycles. The molecule has 1 heterocycles. The van der Waals surface area contributed by atoms with Gasteiger partial charge in [0, 0.05) is 0 Å². The van der Waals surface area contributed by atoms with Crippen molar-refractivity contribution in [2.45, 2.75) is 25.9 Å². The van der Waals surface area contributed by atoms with Crippen LogP contribution >= 0.6 is 0 Å². The molecule has 0 saturated carbocycles. The molecule has 6 nitrogen and oxygen atoms in total. The summed E-state index contributed by atoms with van der Waals surface area (Å²) in [6.45, 7) is 4.76. The molecule has 1 aliphatic heterocycles. The van der Waals surface area contributed by atoms with Crippen molar-refractivity contribution in [1.29, 1.82) is 0 Å². The number of carbonyl (C=O) groups is 2. The van der Waals surface area contributed by atoms with Gasteiger partial charge in [-0.05, 0) is 5.92 Å². The van der Waals surface area contributed by atoms with Crippen molar-refractivity contribution in [1.82, 2.24) is 10.6 Å². The zero-order valence-electron chi connectivity index (χ0n) is 8.95. The first-order chi connectivity index (χ1) is 7.00. The number of primary amides is 1. The number of urea groups is 1. The summed E-state index contributed by atoms with van der Waals surface area (Å²) in [6, 6.07) is -1.20. The van der Waals surface area contributed by atoms with Crippen molar-refractivity contribution >= 4 is 11.9 Å². The fraction of sp³-hybridized carbons (Fsp3) is 0.778. The van der Waals surface area contributed by atoms with Gasteiger partial charge >= 0.3 is 6.03 Å². The maximum Gasteiger partial charge on any atom is 0.312 e. The Morgan fingerprint density at radius 2 is 2.00 bits per heavy atom. The van der Waals surface area contributed by atoms with Crippen LogP contribution in [0, 0.1) is 5.92 Å². The number of hydrogen-bond donors (Lipinski definition) is 3. The summed E-state index contributed by atoms with van der Waals surface area (Å²) in [7, 11) is 0. The smallest absolute Gasteiger partial charge is 0.312 e. The highest BCUT2D eigenvalue weighted by Gasteiger charge is 2.27. The lowest BCUT2D eigenvalue weighted by atomic mass is 10.0. The Morgan fingerprint density at radius 3 is 2.33 bits per heavy atom. The van der Waals surface area contributed by atoms with Crippen LogP contribution in [-0.2, 0) is 9.53 Å². The number of rotatable bonds is 4. The molecule has 0 bridgehead atoms. The summed E-state index contributed by atoms with van der Waals surface area (Å²) >= 11 is 0. The van der Waals surface area contributed by atoms with E-state index in [0.717, 1.165) is 0 Å². The number of carbonyl (C=O) groups excluding carboxylic acids is 2. The third-order valence-electron chi connectivity index (χ3n) is 2.23. The molecule has 4 N–H and O–H groups in total.